The lowest BCUT2D eigenvalue weighted by Crippen LogP contribution is -2.29. The lowest BCUT2D eigenvalue weighted by molar-refractivity contribution is 0.445. The van der Waals surface area contributed by atoms with Gasteiger partial charge < -0.3 is 9.72 Å². The van der Waals surface area contributed by atoms with Crippen molar-refractivity contribution in [2.75, 3.05) is 13.1 Å². The van der Waals surface area contributed by atoms with Gasteiger partial charge in [0.15, 0.2) is 0 Å². The number of aryl methyl sites for hydroxylation is 1. The first kappa shape index (κ1) is 9.85. The third-order valence-electron chi connectivity index (χ3n) is 3.37. The van der Waals surface area contributed by atoms with E-state index in [1.54, 1.807) is 0 Å². The molecule has 1 atom stereocenters. The molecule has 1 fully saturated rings. The molecule has 3 rings (SSSR count). The molecule has 0 saturated carbocycles. The van der Waals surface area contributed by atoms with Crippen molar-refractivity contribution >= 4 is 5.52 Å². The van der Waals surface area contributed by atoms with Gasteiger partial charge in [-0.25, -0.2) is 4.98 Å². The number of aromatic nitrogens is 2. The molecule has 1 unspecified atom stereocenters. The first-order valence-electron chi connectivity index (χ1n) is 5.99. The van der Waals surface area contributed by atoms with Gasteiger partial charge in [0.1, 0.15) is 5.82 Å². The van der Waals surface area contributed by atoms with Gasteiger partial charge in [-0.1, -0.05) is 6.07 Å². The predicted molar refractivity (Wildman–Crippen MR) is 64.8 cm³/mol. The molecule has 1 aliphatic heterocycles. The molecule has 1 aliphatic rings. The highest BCUT2D eigenvalue weighted by Crippen LogP contribution is 2.23. The fourth-order valence-electron chi connectivity index (χ4n) is 2.49. The summed E-state index contributed by atoms with van der Waals surface area (Å²) >= 11 is 0. The van der Waals surface area contributed by atoms with Crippen LogP contribution >= 0.6 is 0 Å². The summed E-state index contributed by atoms with van der Waals surface area (Å²) < 4.78 is 2.24. The Morgan fingerprint density at radius 1 is 1.44 bits per heavy atom. The summed E-state index contributed by atoms with van der Waals surface area (Å²) in [7, 11) is 0. The maximum atomic E-state index is 4.58. The van der Waals surface area contributed by atoms with Crippen molar-refractivity contribution in [3.63, 3.8) is 0 Å². The van der Waals surface area contributed by atoms with Crippen LogP contribution in [0.2, 0.25) is 0 Å². The molecule has 16 heavy (non-hydrogen) atoms. The Balaban J connectivity index is 2.05. The summed E-state index contributed by atoms with van der Waals surface area (Å²) in [5.41, 5.74) is 2.49. The van der Waals surface area contributed by atoms with E-state index in [-0.39, 0.29) is 0 Å². The Morgan fingerprint density at radius 2 is 2.38 bits per heavy atom. The van der Waals surface area contributed by atoms with E-state index in [9.17, 15) is 0 Å². The molecule has 0 aliphatic carbocycles. The zero-order chi connectivity index (χ0) is 11.0. The third kappa shape index (κ3) is 1.61. The van der Waals surface area contributed by atoms with Crippen LogP contribution in [0.4, 0.5) is 0 Å². The lowest BCUT2D eigenvalue weighted by atomic mass is 9.99. The number of pyridine rings is 1. The van der Waals surface area contributed by atoms with Gasteiger partial charge in [0.2, 0.25) is 0 Å². The maximum Gasteiger partial charge on any atom is 0.117 e. The molecule has 0 radical (unpaired) electrons. The monoisotopic (exact) mass is 215 g/mol. The molecule has 84 valence electrons. The van der Waals surface area contributed by atoms with Gasteiger partial charge in [-0.2, -0.15) is 0 Å². The number of rotatable bonds is 1. The molecule has 2 aromatic heterocycles. The van der Waals surface area contributed by atoms with Gasteiger partial charge in [0, 0.05) is 18.7 Å². The van der Waals surface area contributed by atoms with Crippen molar-refractivity contribution in [3.05, 3.63) is 35.9 Å². The fraction of sp³-hybridized carbons (Fsp3) is 0.462. The van der Waals surface area contributed by atoms with Crippen molar-refractivity contribution in [1.29, 1.82) is 0 Å². The van der Waals surface area contributed by atoms with Crippen LogP contribution in [0, 0.1) is 6.92 Å². The number of nitrogens with one attached hydrogen (secondary N) is 1. The van der Waals surface area contributed by atoms with Crippen LogP contribution in [-0.4, -0.2) is 22.5 Å². The highest BCUT2D eigenvalue weighted by molar-refractivity contribution is 5.47. The minimum absolute atomic E-state index is 0.568. The number of imidazole rings is 1. The summed E-state index contributed by atoms with van der Waals surface area (Å²) in [4.78, 5) is 4.58. The van der Waals surface area contributed by atoms with E-state index < -0.39 is 0 Å². The van der Waals surface area contributed by atoms with Gasteiger partial charge in [0.25, 0.3) is 0 Å². The molecule has 3 heterocycles. The molecule has 1 saturated heterocycles. The van der Waals surface area contributed by atoms with E-state index >= 15 is 0 Å². The SMILES string of the molecule is Cc1ccc2cnc(C3CCCNC3)n2c1. The third-order valence-corrected chi connectivity index (χ3v) is 3.37. The Bertz CT molecular complexity index is 495. The zero-order valence-electron chi connectivity index (χ0n) is 9.61. The number of fused-ring (bicyclic) bond motifs is 1. The van der Waals surface area contributed by atoms with Gasteiger partial charge in [-0.05, 0) is 37.9 Å². The summed E-state index contributed by atoms with van der Waals surface area (Å²) in [5.74, 6) is 1.78. The van der Waals surface area contributed by atoms with Crippen molar-refractivity contribution in [2.24, 2.45) is 0 Å². The average molecular weight is 215 g/mol. The largest absolute Gasteiger partial charge is 0.316 e. The summed E-state index contributed by atoms with van der Waals surface area (Å²) in [5, 5.41) is 3.45. The fourth-order valence-corrected chi connectivity index (χ4v) is 2.49. The van der Waals surface area contributed by atoms with E-state index in [1.165, 1.54) is 29.7 Å². The smallest absolute Gasteiger partial charge is 0.117 e. The van der Waals surface area contributed by atoms with Crippen LogP contribution in [0.25, 0.3) is 5.52 Å². The molecule has 0 spiro atoms. The van der Waals surface area contributed by atoms with Crippen LogP contribution < -0.4 is 5.32 Å². The first-order chi connectivity index (χ1) is 7.84. The van der Waals surface area contributed by atoms with Gasteiger partial charge in [-0.15, -0.1) is 0 Å². The molecule has 0 amide bonds. The van der Waals surface area contributed by atoms with Gasteiger partial charge in [-0.3, -0.25) is 0 Å². The van der Waals surface area contributed by atoms with Crippen LogP contribution in [0.3, 0.4) is 0 Å². The molecular formula is C13H17N3. The Morgan fingerprint density at radius 3 is 3.19 bits per heavy atom. The Kier molecular flexibility index (Phi) is 2.40. The predicted octanol–water partition coefficient (Wildman–Crippen LogP) is 2.11. The number of hydrogen-bond donors (Lipinski definition) is 1. The van der Waals surface area contributed by atoms with E-state index in [2.05, 4.69) is 40.0 Å². The van der Waals surface area contributed by atoms with Gasteiger partial charge in [0.05, 0.1) is 11.7 Å². The highest BCUT2D eigenvalue weighted by atomic mass is 15.0. The second-order valence-electron chi connectivity index (χ2n) is 4.66. The van der Waals surface area contributed by atoms with Crippen molar-refractivity contribution in [3.8, 4) is 0 Å². The normalized spacial score (nSPS) is 21.4. The van der Waals surface area contributed by atoms with E-state index in [0.29, 0.717) is 5.92 Å². The van der Waals surface area contributed by atoms with Gasteiger partial charge >= 0.3 is 0 Å². The Hall–Kier alpha value is -1.35. The molecule has 3 nitrogen and oxygen atoms in total. The molecule has 0 aromatic carbocycles. The topological polar surface area (TPSA) is 29.3 Å². The average Bonchev–Trinajstić information content (AvgIpc) is 2.73. The van der Waals surface area contributed by atoms with E-state index in [4.69, 9.17) is 0 Å². The number of nitrogens with zero attached hydrogens (tertiary/aromatic N) is 2. The Labute approximate surface area is 95.5 Å². The van der Waals surface area contributed by atoms with Crippen LogP contribution in [0.5, 0.6) is 0 Å². The summed E-state index contributed by atoms with van der Waals surface area (Å²) in [6.45, 7) is 4.34. The molecule has 3 heteroatoms. The van der Waals surface area contributed by atoms with Crippen LogP contribution in [0.1, 0.15) is 30.1 Å². The quantitative estimate of drug-likeness (QED) is 0.789. The lowest BCUT2D eigenvalue weighted by Gasteiger charge is -2.21. The maximum absolute atomic E-state index is 4.58. The van der Waals surface area contributed by atoms with E-state index in [0.717, 1.165) is 13.1 Å². The molecular weight excluding hydrogens is 198 g/mol. The van der Waals surface area contributed by atoms with Crippen molar-refractivity contribution < 1.29 is 0 Å². The second kappa shape index (κ2) is 3.91. The van der Waals surface area contributed by atoms with Crippen molar-refractivity contribution in [2.45, 2.75) is 25.7 Å². The van der Waals surface area contributed by atoms with Crippen LogP contribution in [0.15, 0.2) is 24.5 Å². The summed E-state index contributed by atoms with van der Waals surface area (Å²) in [6, 6.07) is 4.28. The minimum atomic E-state index is 0.568. The second-order valence-corrected chi connectivity index (χ2v) is 4.66. The first-order valence-corrected chi connectivity index (χ1v) is 5.99. The number of hydrogen-bond acceptors (Lipinski definition) is 2. The summed E-state index contributed by atoms with van der Waals surface area (Å²) in [6.07, 6.45) is 6.67. The number of piperidine rings is 1. The highest BCUT2D eigenvalue weighted by Gasteiger charge is 2.19. The minimum Gasteiger partial charge on any atom is -0.316 e. The molecule has 1 N–H and O–H groups in total. The standard InChI is InChI=1S/C13H17N3/c1-10-4-5-12-8-15-13(16(12)9-10)11-3-2-6-14-7-11/h4-5,8-9,11,14H,2-3,6-7H2,1H3. The molecule has 0 bridgehead atoms. The van der Waals surface area contributed by atoms with E-state index in [1.807, 2.05) is 6.20 Å². The van der Waals surface area contributed by atoms with Crippen molar-refractivity contribution in [1.82, 2.24) is 14.7 Å². The van der Waals surface area contributed by atoms with Crippen LogP contribution in [-0.2, 0) is 0 Å². The molecule has 2 aromatic rings. The zero-order valence-corrected chi connectivity index (χ0v) is 9.61.